The van der Waals surface area contributed by atoms with Crippen LogP contribution in [0.4, 0.5) is 0 Å². The van der Waals surface area contributed by atoms with Gasteiger partial charge in [-0.2, -0.15) is 0 Å². The first-order valence-electron chi connectivity index (χ1n) is 20.7. The highest BCUT2D eigenvalue weighted by Gasteiger charge is 2.37. The van der Waals surface area contributed by atoms with Crippen LogP contribution >= 0.6 is 0 Å². The van der Waals surface area contributed by atoms with E-state index >= 15 is 0 Å². The van der Waals surface area contributed by atoms with Crippen LogP contribution in [0.25, 0.3) is 0 Å². The van der Waals surface area contributed by atoms with Gasteiger partial charge in [0.1, 0.15) is 5.60 Å². The highest BCUT2D eigenvalue weighted by Crippen LogP contribution is 2.40. The molecule has 0 atom stereocenters. The summed E-state index contributed by atoms with van der Waals surface area (Å²) in [6.07, 6.45) is 14.9. The van der Waals surface area contributed by atoms with Crippen molar-refractivity contribution in [3.05, 3.63) is 108 Å². The van der Waals surface area contributed by atoms with E-state index in [4.69, 9.17) is 37.9 Å². The standard InChI is InChI=1S/C46H70O8/c1-2-3-4-5-6-7-8-9-10-11-21-28-47-29-30-48-31-32-49-33-34-50-35-36-51-37-38-52-39-40-53-41-42-54-46(43-22-15-12-16-23-43,44-24-17-13-18-25-44)45-26-19-14-20-27-45/h12-20,22-27H,2-11,21,28-42H2,1H3. The van der Waals surface area contributed by atoms with E-state index in [-0.39, 0.29) is 0 Å². The van der Waals surface area contributed by atoms with Gasteiger partial charge in [-0.05, 0) is 23.1 Å². The normalized spacial score (nSPS) is 11.7. The predicted molar refractivity (Wildman–Crippen MR) is 217 cm³/mol. The number of rotatable bonds is 37. The molecule has 0 fully saturated rings. The van der Waals surface area contributed by atoms with Gasteiger partial charge in [0.15, 0.2) is 0 Å². The van der Waals surface area contributed by atoms with E-state index in [2.05, 4.69) is 79.7 Å². The molecule has 3 aromatic rings. The van der Waals surface area contributed by atoms with Crippen LogP contribution in [0.1, 0.15) is 94.2 Å². The largest absolute Gasteiger partial charge is 0.379 e. The number of hydrogen-bond donors (Lipinski definition) is 0. The van der Waals surface area contributed by atoms with E-state index in [9.17, 15) is 0 Å². The predicted octanol–water partition coefficient (Wildman–Crippen LogP) is 9.42. The molecule has 8 nitrogen and oxygen atoms in total. The third-order valence-electron chi connectivity index (χ3n) is 9.21. The smallest absolute Gasteiger partial charge is 0.143 e. The van der Waals surface area contributed by atoms with Crippen molar-refractivity contribution in [3.8, 4) is 0 Å². The Morgan fingerprint density at radius 3 is 0.870 bits per heavy atom. The van der Waals surface area contributed by atoms with Gasteiger partial charge in [0, 0.05) is 6.61 Å². The number of unbranched alkanes of at least 4 members (excludes halogenated alkanes) is 10. The van der Waals surface area contributed by atoms with Gasteiger partial charge >= 0.3 is 0 Å². The minimum absolute atomic E-state index is 0.426. The fourth-order valence-corrected chi connectivity index (χ4v) is 6.31. The van der Waals surface area contributed by atoms with Crippen molar-refractivity contribution < 1.29 is 37.9 Å². The first-order valence-corrected chi connectivity index (χ1v) is 20.7. The van der Waals surface area contributed by atoms with Gasteiger partial charge in [0.25, 0.3) is 0 Å². The van der Waals surface area contributed by atoms with Crippen LogP contribution in [0.3, 0.4) is 0 Å². The van der Waals surface area contributed by atoms with Gasteiger partial charge in [-0.1, -0.05) is 162 Å². The Balaban J connectivity index is 1.06. The SMILES string of the molecule is CCCCCCCCCCCCCOCCOCCOCCOCCOCCOCCOCCOC(c1ccccc1)(c1ccccc1)c1ccccc1. The maximum atomic E-state index is 6.74. The summed E-state index contributed by atoms with van der Waals surface area (Å²) in [7, 11) is 0. The number of ether oxygens (including phenoxy) is 8. The van der Waals surface area contributed by atoms with Crippen LogP contribution in [-0.4, -0.2) is 99.1 Å². The lowest BCUT2D eigenvalue weighted by molar-refractivity contribution is -0.0397. The van der Waals surface area contributed by atoms with Gasteiger partial charge in [-0.15, -0.1) is 0 Å². The van der Waals surface area contributed by atoms with E-state index in [0.717, 1.165) is 29.7 Å². The molecular formula is C46H70O8. The molecule has 0 amide bonds. The molecule has 0 heterocycles. The number of hydrogen-bond acceptors (Lipinski definition) is 8. The molecule has 0 unspecified atom stereocenters. The van der Waals surface area contributed by atoms with Crippen molar-refractivity contribution in [2.24, 2.45) is 0 Å². The molecule has 302 valence electrons. The van der Waals surface area contributed by atoms with Crippen LogP contribution in [0.2, 0.25) is 0 Å². The molecule has 8 heteroatoms. The van der Waals surface area contributed by atoms with Crippen LogP contribution in [-0.2, 0) is 43.5 Å². The molecule has 0 spiro atoms. The molecule has 0 N–H and O–H groups in total. The van der Waals surface area contributed by atoms with Crippen molar-refractivity contribution in [1.82, 2.24) is 0 Å². The van der Waals surface area contributed by atoms with E-state index in [1.165, 1.54) is 64.2 Å². The Kier molecular flexibility index (Phi) is 27.6. The fourth-order valence-electron chi connectivity index (χ4n) is 6.31. The molecule has 3 rings (SSSR count). The molecule has 0 saturated carbocycles. The zero-order valence-corrected chi connectivity index (χ0v) is 33.3. The van der Waals surface area contributed by atoms with Crippen LogP contribution in [0.5, 0.6) is 0 Å². The van der Waals surface area contributed by atoms with Crippen LogP contribution in [0.15, 0.2) is 91.0 Å². The summed E-state index contributed by atoms with van der Waals surface area (Å²) < 4.78 is 46.3. The van der Waals surface area contributed by atoms with Crippen molar-refractivity contribution in [3.63, 3.8) is 0 Å². The van der Waals surface area contributed by atoms with E-state index in [1.54, 1.807) is 0 Å². The maximum Gasteiger partial charge on any atom is 0.143 e. The zero-order chi connectivity index (χ0) is 37.9. The Hall–Kier alpha value is -2.66. The van der Waals surface area contributed by atoms with Crippen molar-refractivity contribution in [2.75, 3.05) is 99.1 Å². The quantitative estimate of drug-likeness (QED) is 0.0427. The second-order valence-corrected chi connectivity index (χ2v) is 13.4. The lowest BCUT2D eigenvalue weighted by atomic mass is 9.80. The maximum absolute atomic E-state index is 6.74. The molecule has 0 aromatic heterocycles. The van der Waals surface area contributed by atoms with Gasteiger partial charge < -0.3 is 37.9 Å². The summed E-state index contributed by atoms with van der Waals surface area (Å²) in [6, 6.07) is 31.1. The molecular weight excluding hydrogens is 680 g/mol. The topological polar surface area (TPSA) is 73.8 Å². The summed E-state index contributed by atoms with van der Waals surface area (Å²) in [4.78, 5) is 0. The first-order chi connectivity index (χ1) is 26.9. The lowest BCUT2D eigenvalue weighted by Gasteiger charge is -2.36. The molecule has 0 bridgehead atoms. The average Bonchev–Trinajstić information content (AvgIpc) is 3.22. The monoisotopic (exact) mass is 751 g/mol. The minimum atomic E-state index is -0.742. The van der Waals surface area contributed by atoms with Gasteiger partial charge in [0.2, 0.25) is 0 Å². The molecule has 3 aromatic carbocycles. The summed E-state index contributed by atoms with van der Waals surface area (Å²) in [5.41, 5.74) is 2.48. The second kappa shape index (κ2) is 32.6. The second-order valence-electron chi connectivity index (χ2n) is 13.4. The van der Waals surface area contributed by atoms with Gasteiger partial charge in [-0.25, -0.2) is 0 Å². The average molecular weight is 751 g/mol. The van der Waals surface area contributed by atoms with E-state index in [0.29, 0.717) is 92.5 Å². The lowest BCUT2D eigenvalue weighted by Crippen LogP contribution is -2.34. The van der Waals surface area contributed by atoms with Crippen LogP contribution < -0.4 is 0 Å². The fraction of sp³-hybridized carbons (Fsp3) is 0.609. The Morgan fingerprint density at radius 2 is 0.556 bits per heavy atom. The van der Waals surface area contributed by atoms with E-state index < -0.39 is 5.60 Å². The summed E-state index contributed by atoms with van der Waals surface area (Å²) in [5, 5.41) is 0. The Bertz CT molecular complexity index is 1120. The van der Waals surface area contributed by atoms with Crippen molar-refractivity contribution >= 4 is 0 Å². The molecule has 0 aliphatic heterocycles. The molecule has 0 aliphatic rings. The molecule has 54 heavy (non-hydrogen) atoms. The molecule has 0 aliphatic carbocycles. The highest BCUT2D eigenvalue weighted by molar-refractivity contribution is 5.47. The number of benzene rings is 3. The molecule has 0 radical (unpaired) electrons. The molecule has 0 saturated heterocycles. The van der Waals surface area contributed by atoms with Crippen LogP contribution in [0, 0.1) is 0 Å². The van der Waals surface area contributed by atoms with Crippen molar-refractivity contribution in [2.45, 2.75) is 83.2 Å². The Morgan fingerprint density at radius 1 is 0.296 bits per heavy atom. The minimum Gasteiger partial charge on any atom is -0.379 e. The van der Waals surface area contributed by atoms with Crippen molar-refractivity contribution in [1.29, 1.82) is 0 Å². The van der Waals surface area contributed by atoms with Gasteiger partial charge in [0.05, 0.1) is 92.5 Å². The highest BCUT2D eigenvalue weighted by atomic mass is 16.6. The summed E-state index contributed by atoms with van der Waals surface area (Å²) in [6.45, 7) is 10.5. The van der Waals surface area contributed by atoms with Gasteiger partial charge in [-0.3, -0.25) is 0 Å². The summed E-state index contributed by atoms with van der Waals surface area (Å²) >= 11 is 0. The first kappa shape index (κ1) is 45.7. The third kappa shape index (κ3) is 20.3. The zero-order valence-electron chi connectivity index (χ0n) is 33.3. The Labute approximate surface area is 327 Å². The third-order valence-corrected chi connectivity index (χ3v) is 9.21. The van der Waals surface area contributed by atoms with E-state index in [1.807, 2.05) is 18.2 Å². The summed E-state index contributed by atoms with van der Waals surface area (Å²) in [5.74, 6) is 0.